The molecule has 0 N–H and O–H groups in total. The number of amides is 1. The average Bonchev–Trinajstić information content (AvgIpc) is 2.38. The number of rotatable bonds is 4. The Balaban J connectivity index is 2.64. The third-order valence-electron chi connectivity index (χ3n) is 3.24. The summed E-state index contributed by atoms with van der Waals surface area (Å²) in [6, 6.07) is 0. The van der Waals surface area contributed by atoms with Gasteiger partial charge in [-0.2, -0.15) is 0 Å². The maximum absolute atomic E-state index is 12.3. The van der Waals surface area contributed by atoms with Gasteiger partial charge in [0.25, 0.3) is 0 Å². The van der Waals surface area contributed by atoms with Crippen LogP contribution in [-0.2, 0) is 14.3 Å². The Morgan fingerprint density at radius 2 is 2.11 bits per heavy atom. The first kappa shape index (κ1) is 15.3. The number of hydrogen-bond acceptors (Lipinski definition) is 3. The van der Waals surface area contributed by atoms with E-state index in [1.807, 2.05) is 13.8 Å². The molecule has 1 aliphatic rings. The van der Waals surface area contributed by atoms with Crippen LogP contribution in [-0.4, -0.2) is 42.4 Å². The van der Waals surface area contributed by atoms with Crippen molar-refractivity contribution in [2.24, 2.45) is 11.3 Å². The Hall–Kier alpha value is -0.770. The van der Waals surface area contributed by atoms with E-state index in [0.29, 0.717) is 19.7 Å². The smallest absolute Gasteiger partial charge is 0.310 e. The van der Waals surface area contributed by atoms with Crippen molar-refractivity contribution in [3.63, 3.8) is 0 Å². The highest BCUT2D eigenvalue weighted by Gasteiger charge is 2.35. The zero-order chi connectivity index (χ0) is 13.8. The van der Waals surface area contributed by atoms with Gasteiger partial charge in [-0.1, -0.05) is 0 Å². The van der Waals surface area contributed by atoms with Crippen molar-refractivity contribution in [1.82, 2.24) is 4.90 Å². The molecule has 0 aromatic rings. The number of carbonyl (C=O) groups is 2. The van der Waals surface area contributed by atoms with Crippen molar-refractivity contribution in [3.8, 4) is 0 Å². The van der Waals surface area contributed by atoms with E-state index < -0.39 is 5.41 Å². The molecule has 1 unspecified atom stereocenters. The maximum Gasteiger partial charge on any atom is 0.310 e. The summed E-state index contributed by atoms with van der Waals surface area (Å²) in [7, 11) is 0. The Morgan fingerprint density at radius 1 is 1.44 bits per heavy atom. The lowest BCUT2D eigenvalue weighted by Gasteiger charge is -2.36. The molecule has 0 bridgehead atoms. The van der Waals surface area contributed by atoms with E-state index in [2.05, 4.69) is 0 Å². The molecule has 18 heavy (non-hydrogen) atoms. The lowest BCUT2D eigenvalue weighted by atomic mass is 9.91. The third-order valence-corrected chi connectivity index (χ3v) is 3.91. The van der Waals surface area contributed by atoms with E-state index in [0.717, 1.165) is 12.8 Å². The van der Waals surface area contributed by atoms with Crippen molar-refractivity contribution in [2.45, 2.75) is 33.6 Å². The lowest BCUT2D eigenvalue weighted by Crippen LogP contribution is -2.48. The number of esters is 1. The molecule has 1 saturated heterocycles. The van der Waals surface area contributed by atoms with E-state index in [4.69, 9.17) is 16.3 Å². The first-order valence-corrected chi connectivity index (χ1v) is 6.97. The van der Waals surface area contributed by atoms with Crippen molar-refractivity contribution in [1.29, 1.82) is 0 Å². The van der Waals surface area contributed by atoms with Crippen LogP contribution in [0.2, 0.25) is 0 Å². The summed E-state index contributed by atoms with van der Waals surface area (Å²) in [5.74, 6) is -0.0779. The molecule has 0 aliphatic carbocycles. The molecule has 0 radical (unpaired) electrons. The number of halogens is 1. The average molecular weight is 276 g/mol. The fourth-order valence-electron chi connectivity index (χ4n) is 2.10. The Morgan fingerprint density at radius 3 is 2.67 bits per heavy atom. The third kappa shape index (κ3) is 3.61. The first-order chi connectivity index (χ1) is 8.42. The maximum atomic E-state index is 12.3. The molecule has 0 aromatic heterocycles. The van der Waals surface area contributed by atoms with E-state index in [1.165, 1.54) is 0 Å². The van der Waals surface area contributed by atoms with Crippen LogP contribution in [0.1, 0.15) is 33.6 Å². The molecule has 1 aliphatic heterocycles. The molecular weight excluding hydrogens is 254 g/mol. The van der Waals surface area contributed by atoms with Gasteiger partial charge < -0.3 is 9.64 Å². The highest BCUT2D eigenvalue weighted by atomic mass is 35.5. The summed E-state index contributed by atoms with van der Waals surface area (Å²) in [4.78, 5) is 25.7. The number of piperidine rings is 1. The second-order valence-electron chi connectivity index (χ2n) is 5.36. The number of carbonyl (C=O) groups excluding carboxylic acids is 2. The molecule has 0 aromatic carbocycles. The summed E-state index contributed by atoms with van der Waals surface area (Å²) in [6.45, 7) is 7.00. The second-order valence-corrected chi connectivity index (χ2v) is 5.63. The second kappa shape index (κ2) is 6.41. The van der Waals surface area contributed by atoms with Gasteiger partial charge in [-0.15, -0.1) is 11.6 Å². The van der Waals surface area contributed by atoms with Crippen molar-refractivity contribution in [3.05, 3.63) is 0 Å². The Labute approximate surface area is 114 Å². The van der Waals surface area contributed by atoms with Gasteiger partial charge in [-0.3, -0.25) is 9.59 Å². The predicted octanol–water partition coefficient (Wildman–Crippen LogP) is 2.05. The molecule has 1 amide bonds. The largest absolute Gasteiger partial charge is 0.466 e. The lowest BCUT2D eigenvalue weighted by molar-refractivity contribution is -0.152. The number of nitrogens with zero attached hydrogens (tertiary/aromatic N) is 1. The summed E-state index contributed by atoms with van der Waals surface area (Å²) < 4.78 is 5.02. The molecule has 5 heteroatoms. The highest BCUT2D eigenvalue weighted by Crippen LogP contribution is 2.25. The number of hydrogen-bond donors (Lipinski definition) is 0. The van der Waals surface area contributed by atoms with Crippen molar-refractivity contribution >= 4 is 23.5 Å². The SMILES string of the molecule is CCOC(=O)C1CCCN(C(=O)C(C)(C)CCl)C1. The highest BCUT2D eigenvalue weighted by molar-refractivity contribution is 6.19. The van der Waals surface area contributed by atoms with Gasteiger partial charge in [0.15, 0.2) is 0 Å². The van der Waals surface area contributed by atoms with Gasteiger partial charge in [0, 0.05) is 19.0 Å². The van der Waals surface area contributed by atoms with E-state index in [-0.39, 0.29) is 23.7 Å². The summed E-state index contributed by atoms with van der Waals surface area (Å²) in [5, 5.41) is 0. The zero-order valence-electron chi connectivity index (χ0n) is 11.4. The standard InChI is InChI=1S/C13H22ClNO3/c1-4-18-11(16)10-6-5-7-15(8-10)12(17)13(2,3)9-14/h10H,4-9H2,1-3H3. The van der Waals surface area contributed by atoms with Crippen molar-refractivity contribution < 1.29 is 14.3 Å². The van der Waals surface area contributed by atoms with Crippen LogP contribution in [0.4, 0.5) is 0 Å². The minimum Gasteiger partial charge on any atom is -0.466 e. The monoisotopic (exact) mass is 275 g/mol. The van der Waals surface area contributed by atoms with Gasteiger partial charge >= 0.3 is 5.97 Å². The summed E-state index contributed by atoms with van der Waals surface area (Å²) >= 11 is 5.82. The molecular formula is C13H22ClNO3. The fraction of sp³-hybridized carbons (Fsp3) is 0.846. The summed E-state index contributed by atoms with van der Waals surface area (Å²) in [5.41, 5.74) is -0.571. The molecule has 0 spiro atoms. The topological polar surface area (TPSA) is 46.6 Å². The van der Waals surface area contributed by atoms with Gasteiger partial charge in [-0.25, -0.2) is 0 Å². The van der Waals surface area contributed by atoms with Crippen LogP contribution in [0.25, 0.3) is 0 Å². The van der Waals surface area contributed by atoms with Crippen LogP contribution in [0.15, 0.2) is 0 Å². The van der Waals surface area contributed by atoms with Gasteiger partial charge in [0.05, 0.1) is 17.9 Å². The Bertz CT molecular complexity index is 317. The minimum atomic E-state index is -0.571. The van der Waals surface area contributed by atoms with Crippen molar-refractivity contribution in [2.75, 3.05) is 25.6 Å². The molecule has 1 fully saturated rings. The Kier molecular flexibility index (Phi) is 5.45. The molecule has 4 nitrogen and oxygen atoms in total. The van der Waals surface area contributed by atoms with E-state index in [1.54, 1.807) is 11.8 Å². The van der Waals surface area contributed by atoms with Gasteiger partial charge in [-0.05, 0) is 33.6 Å². The number of alkyl halides is 1. The van der Waals surface area contributed by atoms with Gasteiger partial charge in [0.1, 0.15) is 0 Å². The number of likely N-dealkylation sites (tertiary alicyclic amines) is 1. The zero-order valence-corrected chi connectivity index (χ0v) is 12.1. The first-order valence-electron chi connectivity index (χ1n) is 6.44. The van der Waals surface area contributed by atoms with Crippen LogP contribution < -0.4 is 0 Å². The quantitative estimate of drug-likeness (QED) is 0.583. The van der Waals surface area contributed by atoms with Crippen LogP contribution in [0.3, 0.4) is 0 Å². The number of ether oxygens (including phenoxy) is 1. The van der Waals surface area contributed by atoms with Gasteiger partial charge in [0.2, 0.25) is 5.91 Å². The molecule has 1 heterocycles. The normalized spacial score (nSPS) is 20.7. The van der Waals surface area contributed by atoms with Crippen LogP contribution in [0.5, 0.6) is 0 Å². The van der Waals surface area contributed by atoms with Crippen LogP contribution in [0, 0.1) is 11.3 Å². The molecule has 104 valence electrons. The predicted molar refractivity (Wildman–Crippen MR) is 70.4 cm³/mol. The fourth-order valence-corrected chi connectivity index (χ4v) is 2.21. The van der Waals surface area contributed by atoms with E-state index >= 15 is 0 Å². The summed E-state index contributed by atoms with van der Waals surface area (Å²) in [6.07, 6.45) is 1.64. The molecule has 1 atom stereocenters. The molecule has 0 saturated carbocycles. The minimum absolute atomic E-state index is 0.0199. The van der Waals surface area contributed by atoms with Crippen LogP contribution >= 0.6 is 11.6 Å². The molecule has 1 rings (SSSR count). The van der Waals surface area contributed by atoms with E-state index in [9.17, 15) is 9.59 Å².